The summed E-state index contributed by atoms with van der Waals surface area (Å²) in [4.78, 5) is 18.4. The van der Waals surface area contributed by atoms with Crippen molar-refractivity contribution in [2.75, 3.05) is 55.7 Å². The Morgan fingerprint density at radius 2 is 1.81 bits per heavy atom. The van der Waals surface area contributed by atoms with Gasteiger partial charge in [0.1, 0.15) is 5.82 Å². The number of halogens is 1. The van der Waals surface area contributed by atoms with Crippen LogP contribution in [0.25, 0.3) is 0 Å². The van der Waals surface area contributed by atoms with Gasteiger partial charge in [-0.15, -0.1) is 0 Å². The summed E-state index contributed by atoms with van der Waals surface area (Å²) >= 11 is 0. The molecule has 0 bridgehead atoms. The molecule has 8 heteroatoms. The van der Waals surface area contributed by atoms with E-state index in [1.54, 1.807) is 17.0 Å². The number of hydrogen-bond acceptors (Lipinski definition) is 5. The lowest BCUT2D eigenvalue weighted by atomic mass is 10.2. The van der Waals surface area contributed by atoms with E-state index in [9.17, 15) is 17.6 Å². The van der Waals surface area contributed by atoms with Gasteiger partial charge in [0.15, 0.2) is 9.84 Å². The van der Waals surface area contributed by atoms with Crippen molar-refractivity contribution in [3.63, 3.8) is 0 Å². The SMILES string of the molecule is C[C@H]1CCS(=O)(=O)CCN1CC(=O)N1CCN(c2ccccc2F)CC1. The Bertz CT molecular complexity index is 748. The third-order valence-corrected chi connectivity index (χ3v) is 6.99. The normalized spacial score (nSPS) is 24.3. The van der Waals surface area contributed by atoms with Gasteiger partial charge in [0, 0.05) is 38.8 Å². The first-order valence-corrected chi connectivity index (χ1v) is 10.9. The fourth-order valence-electron chi connectivity index (χ4n) is 3.53. The Morgan fingerprint density at radius 3 is 2.50 bits per heavy atom. The van der Waals surface area contributed by atoms with E-state index in [0.29, 0.717) is 44.8 Å². The van der Waals surface area contributed by atoms with Gasteiger partial charge in [-0.1, -0.05) is 12.1 Å². The number of rotatable bonds is 3. The summed E-state index contributed by atoms with van der Waals surface area (Å²) in [6.45, 7) is 4.92. The minimum Gasteiger partial charge on any atom is -0.366 e. The van der Waals surface area contributed by atoms with Crippen LogP contribution in [-0.4, -0.2) is 80.9 Å². The van der Waals surface area contributed by atoms with E-state index in [2.05, 4.69) is 0 Å². The average Bonchev–Trinajstić information content (AvgIpc) is 2.75. The molecule has 0 saturated carbocycles. The van der Waals surface area contributed by atoms with Crippen LogP contribution in [0.1, 0.15) is 13.3 Å². The number of amides is 1. The molecule has 0 aromatic heterocycles. The molecule has 2 saturated heterocycles. The standard InChI is InChI=1S/C18H26FN3O3S/c1-15-6-12-26(24,25)13-11-22(15)14-18(23)21-9-7-20(8-10-21)17-5-3-2-4-16(17)19/h2-5,15H,6-14H2,1H3/t15-/m0/s1. The second-order valence-electron chi connectivity index (χ2n) is 7.08. The van der Waals surface area contributed by atoms with E-state index in [4.69, 9.17) is 0 Å². The Morgan fingerprint density at radius 1 is 1.12 bits per heavy atom. The van der Waals surface area contributed by atoms with Gasteiger partial charge >= 0.3 is 0 Å². The molecular formula is C18H26FN3O3S. The van der Waals surface area contributed by atoms with Crippen molar-refractivity contribution in [2.24, 2.45) is 0 Å². The number of piperazine rings is 1. The van der Waals surface area contributed by atoms with Crippen LogP contribution in [-0.2, 0) is 14.6 Å². The van der Waals surface area contributed by atoms with Crippen molar-refractivity contribution < 1.29 is 17.6 Å². The van der Waals surface area contributed by atoms with Crippen LogP contribution in [0.4, 0.5) is 10.1 Å². The topological polar surface area (TPSA) is 60.9 Å². The van der Waals surface area contributed by atoms with Crippen molar-refractivity contribution in [2.45, 2.75) is 19.4 Å². The molecule has 0 N–H and O–H groups in total. The van der Waals surface area contributed by atoms with Gasteiger partial charge in [-0.3, -0.25) is 9.69 Å². The van der Waals surface area contributed by atoms with Gasteiger partial charge in [0.2, 0.25) is 5.91 Å². The van der Waals surface area contributed by atoms with Crippen molar-refractivity contribution >= 4 is 21.4 Å². The number of carbonyl (C=O) groups excluding carboxylic acids is 1. The highest BCUT2D eigenvalue weighted by Crippen LogP contribution is 2.20. The van der Waals surface area contributed by atoms with Crippen LogP contribution in [0.15, 0.2) is 24.3 Å². The highest BCUT2D eigenvalue weighted by Gasteiger charge is 2.28. The van der Waals surface area contributed by atoms with Crippen molar-refractivity contribution in [3.05, 3.63) is 30.1 Å². The molecule has 0 unspecified atom stereocenters. The smallest absolute Gasteiger partial charge is 0.236 e. The molecular weight excluding hydrogens is 357 g/mol. The monoisotopic (exact) mass is 383 g/mol. The van der Waals surface area contributed by atoms with Gasteiger partial charge < -0.3 is 9.80 Å². The first-order valence-electron chi connectivity index (χ1n) is 9.07. The molecule has 1 aromatic carbocycles. The second-order valence-corrected chi connectivity index (χ2v) is 9.38. The molecule has 6 nitrogen and oxygen atoms in total. The van der Waals surface area contributed by atoms with Gasteiger partial charge in [-0.2, -0.15) is 0 Å². The highest BCUT2D eigenvalue weighted by molar-refractivity contribution is 7.91. The third-order valence-electron chi connectivity index (χ3n) is 5.32. The molecule has 1 aromatic rings. The van der Waals surface area contributed by atoms with Crippen LogP contribution < -0.4 is 4.90 Å². The van der Waals surface area contributed by atoms with E-state index in [1.807, 2.05) is 22.8 Å². The van der Waals surface area contributed by atoms with Gasteiger partial charge in [0.25, 0.3) is 0 Å². The first kappa shape index (κ1) is 19.1. The summed E-state index contributed by atoms with van der Waals surface area (Å²) in [6, 6.07) is 6.76. The number of hydrogen-bond donors (Lipinski definition) is 0. The van der Waals surface area contributed by atoms with E-state index < -0.39 is 9.84 Å². The van der Waals surface area contributed by atoms with Crippen molar-refractivity contribution in [1.29, 1.82) is 0 Å². The summed E-state index contributed by atoms with van der Waals surface area (Å²) in [5.74, 6) is 0.0856. The van der Waals surface area contributed by atoms with E-state index in [0.717, 1.165) is 0 Å². The zero-order chi connectivity index (χ0) is 18.7. The molecule has 0 radical (unpaired) electrons. The Hall–Kier alpha value is -1.67. The average molecular weight is 383 g/mol. The minimum absolute atomic E-state index is 0.0179. The van der Waals surface area contributed by atoms with Crippen molar-refractivity contribution in [3.8, 4) is 0 Å². The zero-order valence-electron chi connectivity index (χ0n) is 15.1. The fourth-order valence-corrected chi connectivity index (χ4v) is 4.94. The summed E-state index contributed by atoms with van der Waals surface area (Å²) in [5, 5.41) is 0. The largest absolute Gasteiger partial charge is 0.366 e. The van der Waals surface area contributed by atoms with Crippen LogP contribution in [0.3, 0.4) is 0 Å². The van der Waals surface area contributed by atoms with E-state index in [-0.39, 0.29) is 35.8 Å². The fraction of sp³-hybridized carbons (Fsp3) is 0.611. The summed E-state index contributed by atoms with van der Waals surface area (Å²) < 4.78 is 37.5. The first-order chi connectivity index (χ1) is 12.4. The maximum atomic E-state index is 13.9. The van der Waals surface area contributed by atoms with Crippen LogP contribution in [0.2, 0.25) is 0 Å². The maximum Gasteiger partial charge on any atom is 0.236 e. The summed E-state index contributed by atoms with van der Waals surface area (Å²) in [5.41, 5.74) is 0.575. The third kappa shape index (κ3) is 4.54. The van der Waals surface area contributed by atoms with Crippen molar-refractivity contribution in [1.82, 2.24) is 9.80 Å². The molecule has 0 aliphatic carbocycles. The molecule has 2 aliphatic rings. The molecule has 1 amide bonds. The van der Waals surface area contributed by atoms with Gasteiger partial charge in [0.05, 0.1) is 23.7 Å². The predicted molar refractivity (Wildman–Crippen MR) is 99.5 cm³/mol. The van der Waals surface area contributed by atoms with Gasteiger partial charge in [-0.05, 0) is 25.5 Å². The predicted octanol–water partition coefficient (Wildman–Crippen LogP) is 0.983. The molecule has 2 aliphatic heterocycles. The number of nitrogens with zero attached hydrogens (tertiary/aromatic N) is 3. The highest BCUT2D eigenvalue weighted by atomic mass is 32.2. The zero-order valence-corrected chi connectivity index (χ0v) is 15.9. The molecule has 0 spiro atoms. The lowest BCUT2D eigenvalue weighted by Gasteiger charge is -2.37. The number of carbonyl (C=O) groups is 1. The van der Waals surface area contributed by atoms with Gasteiger partial charge in [-0.25, -0.2) is 12.8 Å². The minimum atomic E-state index is -3.00. The Kier molecular flexibility index (Phi) is 5.82. The summed E-state index contributed by atoms with van der Waals surface area (Å²) in [6.07, 6.45) is 0.566. The molecule has 26 heavy (non-hydrogen) atoms. The lowest BCUT2D eigenvalue weighted by molar-refractivity contribution is -0.133. The molecule has 2 heterocycles. The molecule has 2 fully saturated rings. The Labute approximate surface area is 154 Å². The van der Waals surface area contributed by atoms with E-state index in [1.165, 1.54) is 6.07 Å². The molecule has 3 rings (SSSR count). The quantitative estimate of drug-likeness (QED) is 0.779. The van der Waals surface area contributed by atoms with Crippen LogP contribution in [0.5, 0.6) is 0 Å². The number of anilines is 1. The second kappa shape index (κ2) is 7.92. The maximum absolute atomic E-state index is 13.9. The van der Waals surface area contributed by atoms with Crippen LogP contribution >= 0.6 is 0 Å². The Balaban J connectivity index is 1.54. The van der Waals surface area contributed by atoms with E-state index >= 15 is 0 Å². The summed E-state index contributed by atoms with van der Waals surface area (Å²) in [7, 11) is -3.00. The molecule has 144 valence electrons. The van der Waals surface area contributed by atoms with Crippen LogP contribution in [0, 0.1) is 5.82 Å². The number of para-hydroxylation sites is 1. The lowest BCUT2D eigenvalue weighted by Crippen LogP contribution is -2.52. The number of sulfone groups is 1. The molecule has 1 atom stereocenters. The number of benzene rings is 1.